The quantitative estimate of drug-likeness (QED) is 0.668. The van der Waals surface area contributed by atoms with Crippen molar-refractivity contribution < 1.29 is 8.78 Å². The summed E-state index contributed by atoms with van der Waals surface area (Å²) in [5.41, 5.74) is 13.8. The monoisotopic (exact) mass is 358 g/mol. The van der Waals surface area contributed by atoms with Gasteiger partial charge < -0.3 is 16.8 Å². The molecule has 0 saturated heterocycles. The lowest BCUT2D eigenvalue weighted by molar-refractivity contribution is 0.391. The van der Waals surface area contributed by atoms with Crippen LogP contribution in [0.1, 0.15) is 37.3 Å². The first-order valence-corrected chi connectivity index (χ1v) is 8.63. The van der Waals surface area contributed by atoms with Crippen molar-refractivity contribution in [2.45, 2.75) is 37.6 Å². The molecule has 6 nitrogen and oxygen atoms in total. The molecule has 1 saturated carbocycles. The minimum Gasteiger partial charge on any atom is -0.382 e. The molecule has 0 unspecified atom stereocenters. The van der Waals surface area contributed by atoms with E-state index in [-0.39, 0.29) is 17.5 Å². The molecule has 3 aromatic rings. The molecule has 1 aromatic carbocycles. The predicted molar refractivity (Wildman–Crippen MR) is 96.2 cm³/mol. The van der Waals surface area contributed by atoms with Crippen LogP contribution in [-0.4, -0.2) is 20.6 Å². The highest BCUT2D eigenvalue weighted by atomic mass is 19.1. The van der Waals surface area contributed by atoms with Crippen molar-refractivity contribution in [1.29, 1.82) is 0 Å². The molecule has 1 aliphatic rings. The molecule has 1 aliphatic carbocycles. The van der Waals surface area contributed by atoms with Gasteiger partial charge in [0.25, 0.3) is 0 Å². The number of hydrogen-bond acceptors (Lipinski definition) is 5. The number of anilines is 3. The van der Waals surface area contributed by atoms with Gasteiger partial charge >= 0.3 is 0 Å². The SMILES string of the molecule is Nc1cc(Nc2cc(F)ccc2F)c2nc(C3CCC(N)CC3)cn2n1. The van der Waals surface area contributed by atoms with Gasteiger partial charge in [0.05, 0.1) is 23.3 Å². The topological polar surface area (TPSA) is 94.3 Å². The van der Waals surface area contributed by atoms with E-state index in [1.807, 2.05) is 6.20 Å². The Morgan fingerprint density at radius 1 is 1.08 bits per heavy atom. The van der Waals surface area contributed by atoms with Crippen LogP contribution in [0, 0.1) is 11.6 Å². The Kier molecular flexibility index (Phi) is 4.20. The number of halogens is 2. The van der Waals surface area contributed by atoms with Gasteiger partial charge in [-0.15, -0.1) is 5.10 Å². The molecule has 1 fully saturated rings. The summed E-state index contributed by atoms with van der Waals surface area (Å²) < 4.78 is 29.0. The van der Waals surface area contributed by atoms with E-state index in [0.29, 0.717) is 17.3 Å². The molecule has 26 heavy (non-hydrogen) atoms. The molecule has 5 N–H and O–H groups in total. The highest BCUT2D eigenvalue weighted by Crippen LogP contribution is 2.33. The lowest BCUT2D eigenvalue weighted by atomic mass is 9.85. The van der Waals surface area contributed by atoms with Crippen LogP contribution < -0.4 is 16.8 Å². The number of nitrogens with two attached hydrogens (primary N) is 2. The fraction of sp³-hybridized carbons (Fsp3) is 0.333. The summed E-state index contributed by atoms with van der Waals surface area (Å²) in [6.07, 6.45) is 5.73. The third-order valence-electron chi connectivity index (χ3n) is 4.85. The van der Waals surface area contributed by atoms with Gasteiger partial charge in [0, 0.05) is 24.1 Å². The Hall–Kier alpha value is -2.74. The molecule has 2 heterocycles. The number of nitrogens with zero attached hydrogens (tertiary/aromatic N) is 3. The Labute approximate surface area is 149 Å². The van der Waals surface area contributed by atoms with Gasteiger partial charge in [0.15, 0.2) is 5.65 Å². The molecule has 0 aliphatic heterocycles. The maximum absolute atomic E-state index is 14.0. The zero-order chi connectivity index (χ0) is 18.3. The molecule has 0 radical (unpaired) electrons. The van der Waals surface area contributed by atoms with Crippen LogP contribution in [0.4, 0.5) is 26.0 Å². The Morgan fingerprint density at radius 2 is 1.85 bits per heavy atom. The Balaban J connectivity index is 1.71. The van der Waals surface area contributed by atoms with E-state index < -0.39 is 11.6 Å². The standard InChI is InChI=1S/C18H20F2N6/c19-11-3-6-13(20)14(7-11)23-15-8-17(22)25-26-9-16(24-18(15)26)10-1-4-12(21)5-2-10/h3,6-10,12,23H,1-2,4-5,21H2,(H2,22,25). The van der Waals surface area contributed by atoms with Gasteiger partial charge in [-0.2, -0.15) is 0 Å². The summed E-state index contributed by atoms with van der Waals surface area (Å²) in [5, 5.41) is 7.13. The van der Waals surface area contributed by atoms with Gasteiger partial charge in [-0.05, 0) is 37.8 Å². The number of benzene rings is 1. The molecule has 2 aromatic heterocycles. The second-order valence-corrected chi connectivity index (χ2v) is 6.78. The summed E-state index contributed by atoms with van der Waals surface area (Å²) in [4.78, 5) is 4.68. The van der Waals surface area contributed by atoms with E-state index in [1.165, 1.54) is 0 Å². The van der Waals surface area contributed by atoms with E-state index >= 15 is 0 Å². The van der Waals surface area contributed by atoms with E-state index in [4.69, 9.17) is 11.5 Å². The Morgan fingerprint density at radius 3 is 2.62 bits per heavy atom. The van der Waals surface area contributed by atoms with Crippen molar-refractivity contribution in [2.75, 3.05) is 11.1 Å². The zero-order valence-electron chi connectivity index (χ0n) is 14.1. The van der Waals surface area contributed by atoms with Gasteiger partial charge in [-0.1, -0.05) is 0 Å². The zero-order valence-corrected chi connectivity index (χ0v) is 14.1. The third-order valence-corrected chi connectivity index (χ3v) is 4.85. The van der Waals surface area contributed by atoms with Crippen molar-refractivity contribution in [3.63, 3.8) is 0 Å². The van der Waals surface area contributed by atoms with Gasteiger partial charge in [0.2, 0.25) is 0 Å². The van der Waals surface area contributed by atoms with Crippen molar-refractivity contribution in [3.05, 3.63) is 47.8 Å². The predicted octanol–water partition coefficient (Wildman–Crippen LogP) is 3.32. The number of nitrogens with one attached hydrogen (secondary N) is 1. The highest BCUT2D eigenvalue weighted by molar-refractivity contribution is 5.75. The molecule has 0 bridgehead atoms. The number of fused-ring (bicyclic) bond motifs is 1. The van der Waals surface area contributed by atoms with Gasteiger partial charge in [-0.25, -0.2) is 18.3 Å². The van der Waals surface area contributed by atoms with Crippen molar-refractivity contribution in [1.82, 2.24) is 14.6 Å². The van der Waals surface area contributed by atoms with Crippen LogP contribution in [0.25, 0.3) is 5.65 Å². The summed E-state index contributed by atoms with van der Waals surface area (Å²) in [5.74, 6) is -0.523. The van der Waals surface area contributed by atoms with Crippen LogP contribution in [0.15, 0.2) is 30.5 Å². The lowest BCUT2D eigenvalue weighted by Gasteiger charge is -2.24. The van der Waals surface area contributed by atoms with Crippen molar-refractivity contribution in [2.24, 2.45) is 5.73 Å². The number of aromatic nitrogens is 3. The largest absolute Gasteiger partial charge is 0.382 e. The maximum Gasteiger partial charge on any atom is 0.177 e. The summed E-state index contributed by atoms with van der Waals surface area (Å²) in [6, 6.07) is 5.05. The van der Waals surface area contributed by atoms with Crippen LogP contribution in [0.3, 0.4) is 0 Å². The highest BCUT2D eigenvalue weighted by Gasteiger charge is 2.23. The summed E-state index contributed by atoms with van der Waals surface area (Å²) in [7, 11) is 0. The third kappa shape index (κ3) is 3.20. The second-order valence-electron chi connectivity index (χ2n) is 6.78. The summed E-state index contributed by atoms with van der Waals surface area (Å²) in [6.45, 7) is 0. The fourth-order valence-electron chi connectivity index (χ4n) is 3.46. The smallest absolute Gasteiger partial charge is 0.177 e. The molecule has 136 valence electrons. The molecule has 0 amide bonds. The number of hydrogen-bond donors (Lipinski definition) is 3. The van der Waals surface area contributed by atoms with Gasteiger partial charge in [-0.3, -0.25) is 0 Å². The molecule has 8 heteroatoms. The summed E-state index contributed by atoms with van der Waals surface area (Å²) >= 11 is 0. The Bertz CT molecular complexity index is 946. The average molecular weight is 358 g/mol. The normalized spacial score (nSPS) is 20.4. The van der Waals surface area contributed by atoms with Gasteiger partial charge in [0.1, 0.15) is 17.5 Å². The van der Waals surface area contributed by atoms with Crippen LogP contribution in [0.2, 0.25) is 0 Å². The molecule has 0 spiro atoms. The van der Waals surface area contributed by atoms with Crippen LogP contribution in [-0.2, 0) is 0 Å². The minimum atomic E-state index is -0.562. The maximum atomic E-state index is 14.0. The van der Waals surface area contributed by atoms with E-state index in [9.17, 15) is 8.78 Å². The number of imidazole rings is 1. The first kappa shape index (κ1) is 16.7. The average Bonchev–Trinajstić information content (AvgIpc) is 3.03. The minimum absolute atomic E-state index is 0.0192. The molecular weight excluding hydrogens is 338 g/mol. The second kappa shape index (κ2) is 6.53. The molecule has 4 rings (SSSR count). The number of nitrogen functional groups attached to an aromatic ring is 1. The van der Waals surface area contributed by atoms with Crippen molar-refractivity contribution in [3.8, 4) is 0 Å². The molecule has 0 atom stereocenters. The van der Waals surface area contributed by atoms with Crippen LogP contribution >= 0.6 is 0 Å². The number of rotatable bonds is 3. The fourth-order valence-corrected chi connectivity index (χ4v) is 3.46. The van der Waals surface area contributed by atoms with Crippen molar-refractivity contribution >= 4 is 22.8 Å². The van der Waals surface area contributed by atoms with E-state index in [2.05, 4.69) is 15.4 Å². The lowest BCUT2D eigenvalue weighted by Crippen LogP contribution is -2.25. The first-order valence-electron chi connectivity index (χ1n) is 8.63. The first-order chi connectivity index (χ1) is 12.5. The molecular formula is C18H20F2N6. The van der Waals surface area contributed by atoms with Crippen LogP contribution in [0.5, 0.6) is 0 Å². The van der Waals surface area contributed by atoms with E-state index in [1.54, 1.807) is 10.6 Å². The van der Waals surface area contributed by atoms with E-state index in [0.717, 1.165) is 49.6 Å².